The Labute approximate surface area is 639 Å². The molecule has 18 N–H and O–H groups in total. The highest BCUT2D eigenvalue weighted by molar-refractivity contribution is 6.32. The molecule has 110 heavy (non-hydrogen) atoms. The van der Waals surface area contributed by atoms with Crippen LogP contribution in [0, 0.1) is 17.8 Å². The Bertz CT molecular complexity index is 4340. The third-order valence-corrected chi connectivity index (χ3v) is 20.7. The number of phenolic OH excluding ortho intramolecular Hbond substituents is 3. The number of carboxylic acid groups (broad SMARTS) is 2. The molecule has 11 bridgehead atoms. The van der Waals surface area contributed by atoms with Crippen molar-refractivity contribution in [1.29, 1.82) is 0 Å². The van der Waals surface area contributed by atoms with Gasteiger partial charge in [0.25, 0.3) is 0 Å². The number of rotatable bonds is 20. The van der Waals surface area contributed by atoms with Crippen molar-refractivity contribution in [3.8, 4) is 57.1 Å². The van der Waals surface area contributed by atoms with E-state index in [9.17, 15) is 80.1 Å². The van der Waals surface area contributed by atoms with Gasteiger partial charge in [-0.15, -0.1) is 0 Å². The quantitative estimate of drug-likeness (QED) is 0.0523. The van der Waals surface area contributed by atoms with E-state index in [1.165, 1.54) is 25.1 Å². The van der Waals surface area contributed by atoms with Crippen LogP contribution in [0.4, 0.5) is 0 Å². The first kappa shape index (κ1) is 83.1. The minimum absolute atomic E-state index is 0.0321. The Kier molecular flexibility index (Phi) is 26.4. The third kappa shape index (κ3) is 18.3. The zero-order valence-corrected chi connectivity index (χ0v) is 61.8. The second-order valence-corrected chi connectivity index (χ2v) is 29.4. The molecule has 7 aliphatic rings. The van der Waals surface area contributed by atoms with E-state index in [0.29, 0.717) is 12.8 Å². The van der Waals surface area contributed by atoms with E-state index in [1.807, 2.05) is 13.8 Å². The number of carbonyl (C=O) groups excluding carboxylic acids is 7. The van der Waals surface area contributed by atoms with Crippen LogP contribution < -0.4 is 46.5 Å². The van der Waals surface area contributed by atoms with Gasteiger partial charge >= 0.3 is 11.9 Å². The Morgan fingerprint density at radius 3 is 1.97 bits per heavy atom. The lowest BCUT2D eigenvalue weighted by atomic mass is 9.84. The number of carbonyl (C=O) groups is 9. The molecule has 19 atom stereocenters. The Morgan fingerprint density at radius 1 is 0.736 bits per heavy atom. The van der Waals surface area contributed by atoms with E-state index in [-0.39, 0.29) is 59.4 Å². The molecule has 0 spiro atoms. The second kappa shape index (κ2) is 34.9. The van der Waals surface area contributed by atoms with Crippen molar-refractivity contribution < 1.29 is 132 Å². The summed E-state index contributed by atoms with van der Waals surface area (Å²) in [6.45, 7) is 9.00. The fourth-order valence-corrected chi connectivity index (χ4v) is 14.6. The van der Waals surface area contributed by atoms with Gasteiger partial charge < -0.3 is 122 Å². The van der Waals surface area contributed by atoms with Gasteiger partial charge in [0, 0.05) is 73.0 Å². The maximum Gasteiger partial charge on any atom is 0.334 e. The van der Waals surface area contributed by atoms with Gasteiger partial charge in [0.2, 0.25) is 41.6 Å². The molecule has 5 amide bonds. The number of ether oxygens (including phenoxy) is 7. The fraction of sp³-hybridized carbons (Fsp3) is 0.480. The molecule has 0 saturated carbocycles. The molecule has 33 nitrogen and oxygen atoms in total. The average molecular weight is 1580 g/mol. The van der Waals surface area contributed by atoms with E-state index < -0.39 is 261 Å². The summed E-state index contributed by atoms with van der Waals surface area (Å²) in [6, 6.07) is 5.35. The van der Waals surface area contributed by atoms with Crippen LogP contribution in [0.15, 0.2) is 78.9 Å². The minimum atomic E-state index is -2.27. The highest BCUT2D eigenvalue weighted by Gasteiger charge is 2.52. The van der Waals surface area contributed by atoms with Crippen molar-refractivity contribution in [2.75, 3.05) is 19.8 Å². The van der Waals surface area contributed by atoms with Gasteiger partial charge in [-0.1, -0.05) is 69.1 Å². The fourth-order valence-electron chi connectivity index (χ4n) is 14.2. The molecule has 7 heterocycles. The van der Waals surface area contributed by atoms with Crippen LogP contribution in [0.3, 0.4) is 0 Å². The average Bonchev–Trinajstić information content (AvgIpc) is 0.768. The minimum Gasteiger partial charge on any atom is -0.508 e. The van der Waals surface area contributed by atoms with Crippen LogP contribution in [-0.2, 0) is 62.1 Å². The number of benzene rings is 5. The molecular weight excluding hydrogens is 1490 g/mol. The number of hydrogen-bond acceptors (Lipinski definition) is 26. The largest absolute Gasteiger partial charge is 0.508 e. The zero-order chi connectivity index (χ0) is 80.2. The lowest BCUT2D eigenvalue weighted by Crippen LogP contribution is -2.66. The van der Waals surface area contributed by atoms with Crippen LogP contribution in [0.2, 0.25) is 10.0 Å². The summed E-state index contributed by atoms with van der Waals surface area (Å²) in [7, 11) is 0. The van der Waals surface area contributed by atoms with Crippen LogP contribution >= 0.6 is 23.2 Å². The van der Waals surface area contributed by atoms with Crippen LogP contribution in [0.5, 0.6) is 46.0 Å². The van der Waals surface area contributed by atoms with Crippen molar-refractivity contribution in [2.24, 2.45) is 23.5 Å². The Balaban J connectivity index is 1.22. The molecule has 35 heteroatoms. The van der Waals surface area contributed by atoms with Gasteiger partial charge in [-0.25, -0.2) is 9.59 Å². The van der Waals surface area contributed by atoms with Gasteiger partial charge in [0.05, 0.1) is 40.7 Å². The Morgan fingerprint density at radius 2 is 1.38 bits per heavy atom. The summed E-state index contributed by atoms with van der Waals surface area (Å²) in [5, 5.41) is 138. The third-order valence-electron chi connectivity index (χ3n) is 20.1. The van der Waals surface area contributed by atoms with E-state index >= 15 is 19.2 Å². The smallest absolute Gasteiger partial charge is 0.334 e. The van der Waals surface area contributed by atoms with Gasteiger partial charge in [0.15, 0.2) is 47.6 Å². The van der Waals surface area contributed by atoms with Crippen molar-refractivity contribution in [2.45, 2.75) is 190 Å². The molecule has 12 rings (SSSR count). The highest BCUT2D eigenvalue weighted by Crippen LogP contribution is 2.50. The first-order valence-corrected chi connectivity index (χ1v) is 36.3. The summed E-state index contributed by atoms with van der Waals surface area (Å²) in [6.07, 6.45) is -21.8. The number of hydrogen-bond donors (Lipinski definition) is 17. The summed E-state index contributed by atoms with van der Waals surface area (Å²) in [5.41, 5.74) is 1.82. The molecule has 0 radical (unpaired) electrons. The summed E-state index contributed by atoms with van der Waals surface area (Å²) >= 11 is 14.3. The number of fused-ring (bicyclic) bond motifs is 15. The van der Waals surface area contributed by atoms with Crippen molar-refractivity contribution in [3.05, 3.63) is 117 Å². The molecule has 7 aliphatic heterocycles. The Hall–Kier alpha value is -9.33. The number of aliphatic hydroxyl groups is 6. The molecule has 5 aromatic rings. The molecular formula is C75H88Cl2N6O27. The molecule has 594 valence electrons. The monoisotopic (exact) mass is 1570 g/mol. The SMILES string of the molecule is CCCOC(CNC1(C)CC(OC2C(Oc3c4cc5cc3Oc3ccc(cc3Cl)[C@@H](O)[C@@H]3NC(=O)C(CC(=O)[C@@H]5NC(=O)[C@H](CC(N)=O)CC(=O)C(NC(=O)[C@H](CC)CC(C)C)[C@H](O)c5ccc(c(Cl)c5)O4)c4ccc(O)c(c4)-c4c(O)cc(O)cc4[C@H](C(=O)O)NC3=O)OC(CO)C(O)C2O)OC(C)C1O)C(=O)O. The number of nitrogens with two attached hydrogens (primary N) is 1. The normalized spacial score (nSPS) is 28.4. The van der Waals surface area contributed by atoms with E-state index in [4.69, 9.17) is 62.1 Å². The topological polar surface area (TPSA) is 527 Å². The first-order valence-electron chi connectivity index (χ1n) is 35.6. The number of aliphatic carboxylic acids is 2. The maximum absolute atomic E-state index is 16.3. The number of aromatic hydroxyl groups is 3. The number of halogens is 2. The zero-order valence-electron chi connectivity index (χ0n) is 60.3. The van der Waals surface area contributed by atoms with E-state index in [2.05, 4.69) is 26.6 Å². The molecule has 12 unspecified atom stereocenters. The van der Waals surface area contributed by atoms with Gasteiger partial charge in [-0.3, -0.25) is 33.6 Å². The lowest BCUT2D eigenvalue weighted by Gasteiger charge is -2.48. The predicted molar refractivity (Wildman–Crippen MR) is 384 cm³/mol. The molecule has 0 aromatic heterocycles. The van der Waals surface area contributed by atoms with Crippen molar-refractivity contribution in [1.82, 2.24) is 26.6 Å². The molecule has 2 saturated heterocycles. The van der Waals surface area contributed by atoms with E-state index in [1.54, 1.807) is 20.8 Å². The lowest BCUT2D eigenvalue weighted by molar-refractivity contribution is -0.334. The maximum atomic E-state index is 16.3. The van der Waals surface area contributed by atoms with Gasteiger partial charge in [-0.2, -0.15) is 0 Å². The highest BCUT2D eigenvalue weighted by atomic mass is 35.5. The summed E-state index contributed by atoms with van der Waals surface area (Å²) in [5.74, 6) is -20.7. The molecule has 0 aliphatic carbocycles. The molecule has 5 aromatic carbocycles. The number of Topliss-reactive ketones (excluding diaryl/α,β-unsaturated/α-hetero) is 2. The van der Waals surface area contributed by atoms with Crippen molar-refractivity contribution in [3.63, 3.8) is 0 Å². The number of carboxylic acids is 2. The summed E-state index contributed by atoms with van der Waals surface area (Å²) in [4.78, 5) is 130. The summed E-state index contributed by atoms with van der Waals surface area (Å²) < 4.78 is 44.6. The van der Waals surface area contributed by atoms with Crippen LogP contribution in [0.25, 0.3) is 11.1 Å². The predicted octanol–water partition coefficient (Wildman–Crippen LogP) is 4.03. The number of aliphatic hydroxyl groups excluding tert-OH is 6. The second-order valence-electron chi connectivity index (χ2n) is 28.6. The van der Waals surface area contributed by atoms with Gasteiger partial charge in [-0.05, 0) is 116 Å². The number of amides is 5. The van der Waals surface area contributed by atoms with Crippen molar-refractivity contribution >= 4 is 76.2 Å². The molecule has 2 fully saturated rings. The standard InChI is InChI=1S/C75H88Cl2N6O27/c1-7-15-104-52(72(100)101)28-79-75(6)27-55(105-31(5)67(75)95)109-66-64(94)63(93)53(29-84)108-74(66)110-65-50-21-36-22-51(65)107-49-14-11-35(19-43(49)77)62(92)60-71(99)81-58(73(102)103)41-24-38(85)25-45(87)56(41)40-17-33(9-12-44(40)86)39(70(98)83-60)26-47(89)57(36)80-69(97)37(23-54(78)90)20-46(88)59(82-68(96)32(8-2)16-30(3)4)61(91)34-10-13-48(106-50)42(76)18-34/h9-14,17-19,21-22,24-25,30-32,37,39,52-53,55,57-64,66-67,74,79,84-87,91-95H,7-8,15-16,20,23,26-29H2,1-6H3,(H2,78,90)(H,80,97)(H,81,99)(H,82,96)(H,83,98)(H,100,101)(H,102,103)/t31?,32-,37+,39?,52?,53?,55?,57-,58-,59?,60+,61-,62-,63?,64?,66?,67?,74?,75?/m1/s1. The number of primary amides is 1. The number of ketones is 2. The van der Waals surface area contributed by atoms with E-state index in [0.717, 1.165) is 60.7 Å². The number of phenols is 3. The van der Waals surface area contributed by atoms with Gasteiger partial charge in [0.1, 0.15) is 77.4 Å². The number of nitrogens with one attached hydrogen (secondary N) is 5. The first-order chi connectivity index (χ1) is 52.0. The van der Waals surface area contributed by atoms with Crippen LogP contribution in [-0.4, -0.2) is 202 Å². The van der Waals surface area contributed by atoms with Crippen LogP contribution in [0.1, 0.15) is 145 Å².